The average Bonchev–Trinajstić information content (AvgIpc) is 3.44. The van der Waals surface area contributed by atoms with Crippen molar-refractivity contribution in [2.45, 2.75) is 0 Å². The Morgan fingerprint density at radius 2 is 1.42 bits per heavy atom. The minimum atomic E-state index is 0.869. The molecule has 6 aromatic rings. The molecular formula is C26H18N5. The molecule has 4 aromatic carbocycles. The van der Waals surface area contributed by atoms with Gasteiger partial charge in [-0.15, -0.1) is 0 Å². The minimum Gasteiger partial charge on any atom is -0.335 e. The Bertz CT molecular complexity index is 1500. The molecule has 147 valence electrons. The van der Waals surface area contributed by atoms with E-state index < -0.39 is 0 Å². The van der Waals surface area contributed by atoms with E-state index in [0.717, 1.165) is 50.3 Å². The number of benzene rings is 4. The maximum atomic E-state index is 4.99. The Hall–Kier alpha value is -4.38. The fourth-order valence-electron chi connectivity index (χ4n) is 3.85. The van der Waals surface area contributed by atoms with Crippen LogP contribution in [0.25, 0.3) is 44.6 Å². The van der Waals surface area contributed by atoms with Gasteiger partial charge in [-0.1, -0.05) is 60.7 Å². The van der Waals surface area contributed by atoms with Crippen LogP contribution >= 0.6 is 0 Å². The molecule has 0 atom stereocenters. The zero-order valence-corrected chi connectivity index (χ0v) is 16.6. The van der Waals surface area contributed by atoms with Gasteiger partial charge in [-0.25, -0.2) is 14.6 Å². The molecule has 2 aromatic heterocycles. The second kappa shape index (κ2) is 7.15. The lowest BCUT2D eigenvalue weighted by Crippen LogP contribution is -2.10. The van der Waals surface area contributed by atoms with Crippen molar-refractivity contribution >= 4 is 27.8 Å². The first-order chi connectivity index (χ1) is 15.3. The number of aromatic amines is 1. The zero-order valence-electron chi connectivity index (χ0n) is 16.6. The van der Waals surface area contributed by atoms with Crippen LogP contribution in [0, 0.1) is 6.33 Å². The SMILES string of the molecule is [c]1nc2cc(-c3ccc4c(c3)nc(-c3ccccc3)n4Nc3ccccc3)ccc2[nH]1. The van der Waals surface area contributed by atoms with Crippen LogP contribution in [0.3, 0.4) is 0 Å². The molecule has 0 aliphatic carbocycles. The normalized spacial score (nSPS) is 11.2. The molecule has 0 unspecified atom stereocenters. The Labute approximate surface area is 179 Å². The van der Waals surface area contributed by atoms with Crippen molar-refractivity contribution in [2.24, 2.45) is 0 Å². The van der Waals surface area contributed by atoms with E-state index >= 15 is 0 Å². The van der Waals surface area contributed by atoms with E-state index in [1.165, 1.54) is 0 Å². The summed E-state index contributed by atoms with van der Waals surface area (Å²) in [6, 6.07) is 32.9. The smallest absolute Gasteiger partial charge is 0.174 e. The predicted molar refractivity (Wildman–Crippen MR) is 125 cm³/mol. The van der Waals surface area contributed by atoms with Crippen LogP contribution < -0.4 is 5.43 Å². The summed E-state index contributed by atoms with van der Waals surface area (Å²) < 4.78 is 2.05. The van der Waals surface area contributed by atoms with Crippen molar-refractivity contribution in [3.05, 3.63) is 103 Å². The summed E-state index contributed by atoms with van der Waals surface area (Å²) in [5, 5.41) is 0. The van der Waals surface area contributed by atoms with Gasteiger partial charge in [0, 0.05) is 5.56 Å². The number of fused-ring (bicyclic) bond motifs is 2. The highest BCUT2D eigenvalue weighted by Gasteiger charge is 2.14. The number of nitrogens with zero attached hydrogens (tertiary/aromatic N) is 3. The van der Waals surface area contributed by atoms with Crippen molar-refractivity contribution in [3.8, 4) is 22.5 Å². The zero-order chi connectivity index (χ0) is 20.6. The van der Waals surface area contributed by atoms with E-state index in [9.17, 15) is 0 Å². The molecule has 0 amide bonds. The summed E-state index contributed by atoms with van der Waals surface area (Å²) in [6.07, 6.45) is 2.80. The van der Waals surface area contributed by atoms with Crippen molar-refractivity contribution < 1.29 is 0 Å². The number of anilines is 1. The quantitative estimate of drug-likeness (QED) is 0.386. The Kier molecular flexibility index (Phi) is 4.03. The molecule has 0 saturated heterocycles. The van der Waals surface area contributed by atoms with Gasteiger partial charge < -0.3 is 4.98 Å². The Morgan fingerprint density at radius 3 is 2.23 bits per heavy atom. The number of para-hydroxylation sites is 1. The molecule has 2 heterocycles. The maximum Gasteiger partial charge on any atom is 0.174 e. The van der Waals surface area contributed by atoms with Crippen molar-refractivity contribution in [1.29, 1.82) is 0 Å². The number of rotatable bonds is 4. The third kappa shape index (κ3) is 3.13. The number of hydrogen-bond donors (Lipinski definition) is 2. The summed E-state index contributed by atoms with van der Waals surface area (Å²) in [5.74, 6) is 0.869. The number of imidazole rings is 2. The lowest BCUT2D eigenvalue weighted by atomic mass is 10.0. The number of hydrogen-bond acceptors (Lipinski definition) is 3. The number of H-pyrrole nitrogens is 1. The molecule has 31 heavy (non-hydrogen) atoms. The van der Waals surface area contributed by atoms with E-state index in [1.54, 1.807) is 0 Å². The highest BCUT2D eigenvalue weighted by molar-refractivity contribution is 5.88. The van der Waals surface area contributed by atoms with E-state index in [2.05, 4.69) is 68.9 Å². The van der Waals surface area contributed by atoms with Gasteiger partial charge in [-0.2, -0.15) is 0 Å². The van der Waals surface area contributed by atoms with Crippen LogP contribution in [0.15, 0.2) is 97.1 Å². The molecule has 5 nitrogen and oxygen atoms in total. The van der Waals surface area contributed by atoms with Crippen LogP contribution in [0.4, 0.5) is 5.69 Å². The van der Waals surface area contributed by atoms with Gasteiger partial charge in [-0.05, 0) is 47.5 Å². The first-order valence-corrected chi connectivity index (χ1v) is 10.1. The van der Waals surface area contributed by atoms with Crippen LogP contribution in [0.5, 0.6) is 0 Å². The van der Waals surface area contributed by atoms with Gasteiger partial charge in [0.2, 0.25) is 0 Å². The summed E-state index contributed by atoms with van der Waals surface area (Å²) in [7, 11) is 0. The van der Waals surface area contributed by atoms with Gasteiger partial charge in [0.15, 0.2) is 12.2 Å². The average molecular weight is 400 g/mol. The van der Waals surface area contributed by atoms with E-state index in [-0.39, 0.29) is 0 Å². The largest absolute Gasteiger partial charge is 0.335 e. The first kappa shape index (κ1) is 17.5. The van der Waals surface area contributed by atoms with E-state index in [1.807, 2.05) is 54.6 Å². The summed E-state index contributed by atoms with van der Waals surface area (Å²) in [6.45, 7) is 0. The predicted octanol–water partition coefficient (Wildman–Crippen LogP) is 5.92. The van der Waals surface area contributed by atoms with Crippen molar-refractivity contribution in [2.75, 3.05) is 5.43 Å². The van der Waals surface area contributed by atoms with E-state index in [4.69, 9.17) is 4.98 Å². The molecule has 5 heteroatoms. The molecule has 0 aliphatic heterocycles. The van der Waals surface area contributed by atoms with Crippen LogP contribution in [-0.4, -0.2) is 19.6 Å². The third-order valence-corrected chi connectivity index (χ3v) is 5.40. The van der Waals surface area contributed by atoms with Crippen LogP contribution in [-0.2, 0) is 0 Å². The third-order valence-electron chi connectivity index (χ3n) is 5.40. The molecule has 0 aliphatic rings. The molecule has 6 rings (SSSR count). The molecule has 1 radical (unpaired) electrons. The van der Waals surface area contributed by atoms with Gasteiger partial charge >= 0.3 is 0 Å². The topological polar surface area (TPSA) is 58.5 Å². The molecular weight excluding hydrogens is 382 g/mol. The fraction of sp³-hybridized carbons (Fsp3) is 0. The fourth-order valence-corrected chi connectivity index (χ4v) is 3.85. The van der Waals surface area contributed by atoms with Gasteiger partial charge in [0.1, 0.15) is 0 Å². The molecule has 0 spiro atoms. The van der Waals surface area contributed by atoms with Gasteiger partial charge in [0.25, 0.3) is 0 Å². The van der Waals surface area contributed by atoms with Gasteiger partial charge in [-0.3, -0.25) is 5.43 Å². The molecule has 0 bridgehead atoms. The lowest BCUT2D eigenvalue weighted by molar-refractivity contribution is 1.000. The van der Waals surface area contributed by atoms with Gasteiger partial charge in [0.05, 0.1) is 27.8 Å². The highest BCUT2D eigenvalue weighted by atomic mass is 15.4. The van der Waals surface area contributed by atoms with E-state index in [0.29, 0.717) is 0 Å². The lowest BCUT2D eigenvalue weighted by Gasteiger charge is -2.12. The number of nitrogens with one attached hydrogen (secondary N) is 2. The molecule has 0 saturated carbocycles. The maximum absolute atomic E-state index is 4.99. The highest BCUT2D eigenvalue weighted by Crippen LogP contribution is 2.30. The molecule has 0 fully saturated rings. The minimum absolute atomic E-state index is 0.869. The summed E-state index contributed by atoms with van der Waals surface area (Å²) >= 11 is 0. The Morgan fingerprint density at radius 1 is 0.710 bits per heavy atom. The number of aromatic nitrogens is 4. The Balaban J connectivity index is 1.51. The van der Waals surface area contributed by atoms with Crippen molar-refractivity contribution in [1.82, 2.24) is 19.6 Å². The summed E-state index contributed by atoms with van der Waals surface area (Å²) in [4.78, 5) is 12.3. The van der Waals surface area contributed by atoms with Crippen LogP contribution in [0.1, 0.15) is 0 Å². The van der Waals surface area contributed by atoms with Crippen LogP contribution in [0.2, 0.25) is 0 Å². The molecule has 2 N–H and O–H groups in total. The first-order valence-electron chi connectivity index (χ1n) is 10.1. The second-order valence-corrected chi connectivity index (χ2v) is 7.40. The monoisotopic (exact) mass is 400 g/mol. The second-order valence-electron chi connectivity index (χ2n) is 7.40. The summed E-state index contributed by atoms with van der Waals surface area (Å²) in [5.41, 5.74) is 11.6. The standard InChI is InChI=1S/C26H18N5/c1-3-7-18(8-4-1)26-29-24-16-20(19-11-13-22-23(15-19)28-17-27-22)12-14-25(24)31(26)30-21-9-5-2-6-10-21/h1-16,30H,(H,27,28). The van der Waals surface area contributed by atoms with Crippen molar-refractivity contribution in [3.63, 3.8) is 0 Å².